The van der Waals surface area contributed by atoms with Gasteiger partial charge in [-0.15, -0.1) is 0 Å². The van der Waals surface area contributed by atoms with Gasteiger partial charge in [0.15, 0.2) is 8.32 Å². The molecule has 1 amide bonds. The molecule has 0 unspecified atom stereocenters. The maximum atomic E-state index is 11.5. The van der Waals surface area contributed by atoms with Crippen molar-refractivity contribution in [2.75, 3.05) is 19.8 Å². The van der Waals surface area contributed by atoms with Gasteiger partial charge in [0.25, 0.3) is 0 Å². The summed E-state index contributed by atoms with van der Waals surface area (Å²) in [6, 6.07) is -0.0733. The second-order valence-electron chi connectivity index (χ2n) is 8.29. The Kier molecular flexibility index (Phi) is 5.24. The third kappa shape index (κ3) is 4.46. The first-order valence-corrected chi connectivity index (χ1v) is 11.3. The second-order valence-corrected chi connectivity index (χ2v) is 13.1. The fourth-order valence-corrected chi connectivity index (χ4v) is 3.51. The summed E-state index contributed by atoms with van der Waals surface area (Å²) in [5, 5.41) is 9.55. The Bertz CT molecular complexity index is 403. The van der Waals surface area contributed by atoms with Gasteiger partial charge in [0.05, 0.1) is 25.3 Å². The van der Waals surface area contributed by atoms with Crippen molar-refractivity contribution >= 4 is 14.4 Å². The largest absolute Gasteiger partial charge is 0.465 e. The van der Waals surface area contributed by atoms with Gasteiger partial charge >= 0.3 is 6.09 Å². The molecule has 0 aromatic heterocycles. The highest BCUT2D eigenvalue weighted by Crippen LogP contribution is 2.37. The first-order valence-electron chi connectivity index (χ1n) is 8.35. The molecule has 0 aromatic carbocycles. The Morgan fingerprint density at radius 2 is 1.91 bits per heavy atom. The molecule has 2 atom stereocenters. The molecule has 1 heterocycles. The maximum absolute atomic E-state index is 11.5. The molecular formula is C16H31NO4Si. The van der Waals surface area contributed by atoms with Crippen LogP contribution in [0.15, 0.2) is 0 Å². The van der Waals surface area contributed by atoms with E-state index in [1.807, 2.05) is 0 Å². The summed E-state index contributed by atoms with van der Waals surface area (Å²) in [6.07, 6.45) is 2.44. The van der Waals surface area contributed by atoms with Gasteiger partial charge in [-0.05, 0) is 43.3 Å². The molecule has 1 aliphatic heterocycles. The lowest BCUT2D eigenvalue weighted by molar-refractivity contribution is 0.0515. The van der Waals surface area contributed by atoms with Crippen LogP contribution in [0.25, 0.3) is 0 Å². The summed E-state index contributed by atoms with van der Waals surface area (Å²) in [5.41, 5.74) is 0. The SMILES string of the molecule is CC(C)(C)[Si](C)(C)OC[C@@H]1C[C@@H](OCC2CC2)CN1C(=O)O. The smallest absolute Gasteiger partial charge is 0.407 e. The fraction of sp³-hybridized carbons (Fsp3) is 0.938. The van der Waals surface area contributed by atoms with E-state index in [0.29, 0.717) is 19.1 Å². The van der Waals surface area contributed by atoms with Gasteiger partial charge in [-0.25, -0.2) is 4.79 Å². The molecule has 2 fully saturated rings. The topological polar surface area (TPSA) is 59.0 Å². The number of likely N-dealkylation sites (tertiary alicyclic amines) is 1. The normalized spacial score (nSPS) is 26.5. The van der Waals surface area contributed by atoms with E-state index in [1.165, 1.54) is 17.7 Å². The standard InChI is InChI=1S/C16H31NO4Si/c1-16(2,3)22(4,5)21-11-13-8-14(9-17(13)15(18)19)20-10-12-6-7-12/h12-14H,6-11H2,1-5H3,(H,18,19)/t13-,14+/m0/s1. The predicted octanol–water partition coefficient (Wildman–Crippen LogP) is 3.56. The Balaban J connectivity index is 1.88. The van der Waals surface area contributed by atoms with E-state index < -0.39 is 14.4 Å². The molecule has 1 N–H and O–H groups in total. The Labute approximate surface area is 135 Å². The molecule has 5 nitrogen and oxygen atoms in total. The molecule has 1 aliphatic carbocycles. The van der Waals surface area contributed by atoms with Gasteiger partial charge in [-0.2, -0.15) is 0 Å². The lowest BCUT2D eigenvalue weighted by Crippen LogP contribution is -2.45. The van der Waals surface area contributed by atoms with Crippen molar-refractivity contribution in [3.8, 4) is 0 Å². The molecule has 1 saturated heterocycles. The highest BCUT2D eigenvalue weighted by molar-refractivity contribution is 6.74. The Hall–Kier alpha value is -0.593. The summed E-state index contributed by atoms with van der Waals surface area (Å²) in [7, 11) is -1.85. The van der Waals surface area contributed by atoms with Crippen LogP contribution in [0.3, 0.4) is 0 Å². The summed E-state index contributed by atoms with van der Waals surface area (Å²) < 4.78 is 12.1. The van der Waals surface area contributed by atoms with Crippen molar-refractivity contribution in [2.45, 2.75) is 70.3 Å². The summed E-state index contributed by atoms with van der Waals surface area (Å²) in [6.45, 7) is 12.8. The summed E-state index contributed by atoms with van der Waals surface area (Å²) in [5.74, 6) is 0.709. The average Bonchev–Trinajstić information content (AvgIpc) is 3.12. The maximum Gasteiger partial charge on any atom is 0.407 e. The third-order valence-corrected chi connectivity index (χ3v) is 9.83. The van der Waals surface area contributed by atoms with E-state index in [9.17, 15) is 9.90 Å². The van der Waals surface area contributed by atoms with Crippen molar-refractivity contribution < 1.29 is 19.1 Å². The number of nitrogens with zero attached hydrogens (tertiary/aromatic N) is 1. The van der Waals surface area contributed by atoms with Crippen LogP contribution in [0, 0.1) is 5.92 Å². The average molecular weight is 330 g/mol. The monoisotopic (exact) mass is 329 g/mol. The number of hydrogen-bond acceptors (Lipinski definition) is 3. The minimum atomic E-state index is -1.85. The molecule has 2 aliphatic rings. The zero-order valence-electron chi connectivity index (χ0n) is 14.6. The van der Waals surface area contributed by atoms with Gasteiger partial charge in [-0.3, -0.25) is 0 Å². The number of amides is 1. The third-order valence-electron chi connectivity index (χ3n) is 5.33. The lowest BCUT2D eigenvalue weighted by atomic mass is 10.2. The molecule has 0 bridgehead atoms. The van der Waals surface area contributed by atoms with Crippen LogP contribution < -0.4 is 0 Å². The number of carboxylic acid groups (broad SMARTS) is 1. The van der Waals surface area contributed by atoms with Crippen molar-refractivity contribution in [3.63, 3.8) is 0 Å². The molecule has 128 valence electrons. The second kappa shape index (κ2) is 6.49. The minimum Gasteiger partial charge on any atom is -0.465 e. The number of ether oxygens (including phenoxy) is 1. The zero-order chi connectivity index (χ0) is 16.5. The van der Waals surface area contributed by atoms with Gasteiger partial charge in [0.2, 0.25) is 0 Å². The molecular weight excluding hydrogens is 298 g/mol. The van der Waals surface area contributed by atoms with Gasteiger partial charge in [-0.1, -0.05) is 20.8 Å². The first-order chi connectivity index (χ1) is 10.1. The number of carbonyl (C=O) groups is 1. The van der Waals surface area contributed by atoms with Gasteiger partial charge in [0, 0.05) is 6.61 Å². The van der Waals surface area contributed by atoms with Crippen LogP contribution in [0.1, 0.15) is 40.0 Å². The number of hydrogen-bond donors (Lipinski definition) is 1. The zero-order valence-corrected chi connectivity index (χ0v) is 15.6. The minimum absolute atomic E-state index is 0.0321. The highest BCUT2D eigenvalue weighted by Gasteiger charge is 2.41. The van der Waals surface area contributed by atoms with Crippen molar-refractivity contribution in [1.29, 1.82) is 0 Å². The van der Waals surface area contributed by atoms with Crippen LogP contribution >= 0.6 is 0 Å². The quantitative estimate of drug-likeness (QED) is 0.757. The first kappa shape index (κ1) is 17.8. The van der Waals surface area contributed by atoms with Crippen LogP contribution in [-0.2, 0) is 9.16 Å². The van der Waals surface area contributed by atoms with E-state index >= 15 is 0 Å². The van der Waals surface area contributed by atoms with E-state index in [0.717, 1.165) is 13.0 Å². The van der Waals surface area contributed by atoms with Crippen LogP contribution in [-0.4, -0.2) is 56.3 Å². The molecule has 0 spiro atoms. The van der Waals surface area contributed by atoms with Crippen LogP contribution in [0.2, 0.25) is 18.1 Å². The summed E-state index contributed by atoms with van der Waals surface area (Å²) in [4.78, 5) is 13.0. The number of rotatable bonds is 6. The van der Waals surface area contributed by atoms with Gasteiger partial charge < -0.3 is 19.2 Å². The lowest BCUT2D eigenvalue weighted by Gasteiger charge is -2.37. The Morgan fingerprint density at radius 3 is 2.41 bits per heavy atom. The molecule has 1 saturated carbocycles. The molecule has 0 radical (unpaired) electrons. The van der Waals surface area contributed by atoms with E-state index in [4.69, 9.17) is 9.16 Å². The molecule has 22 heavy (non-hydrogen) atoms. The molecule has 0 aromatic rings. The van der Waals surface area contributed by atoms with Crippen LogP contribution in [0.5, 0.6) is 0 Å². The summed E-state index contributed by atoms with van der Waals surface area (Å²) >= 11 is 0. The van der Waals surface area contributed by atoms with E-state index in [2.05, 4.69) is 33.9 Å². The molecule has 6 heteroatoms. The highest BCUT2D eigenvalue weighted by atomic mass is 28.4. The van der Waals surface area contributed by atoms with Crippen molar-refractivity contribution in [1.82, 2.24) is 4.90 Å². The Morgan fingerprint density at radius 1 is 1.27 bits per heavy atom. The van der Waals surface area contributed by atoms with Crippen LogP contribution in [0.4, 0.5) is 4.79 Å². The van der Waals surface area contributed by atoms with Crippen molar-refractivity contribution in [2.24, 2.45) is 5.92 Å². The predicted molar refractivity (Wildman–Crippen MR) is 88.7 cm³/mol. The van der Waals surface area contributed by atoms with Crippen molar-refractivity contribution in [3.05, 3.63) is 0 Å². The molecule has 2 rings (SSSR count). The van der Waals surface area contributed by atoms with Gasteiger partial charge in [0.1, 0.15) is 0 Å². The fourth-order valence-electron chi connectivity index (χ4n) is 2.46. The van der Waals surface area contributed by atoms with E-state index in [-0.39, 0.29) is 17.2 Å². The van der Waals surface area contributed by atoms with E-state index in [1.54, 1.807) is 0 Å².